The van der Waals surface area contributed by atoms with Crippen LogP contribution in [0.1, 0.15) is 12.8 Å². The van der Waals surface area contributed by atoms with Crippen molar-refractivity contribution in [1.29, 1.82) is 0 Å². The molecule has 0 fully saturated rings. The Labute approximate surface area is 99.1 Å². The molecule has 13 heavy (non-hydrogen) atoms. The zero-order chi connectivity index (χ0) is 9.40. The van der Waals surface area contributed by atoms with E-state index in [4.69, 9.17) is 0 Å². The quantitative estimate of drug-likeness (QED) is 0.343. The molecule has 6 heteroatoms. The maximum Gasteiger partial charge on any atom is 1.00 e. The Kier molecular flexibility index (Phi) is 11.8. The standard InChI is InChI=1S/C7H13NO4.Na/c1-12-5-4-8-6(9)2-3-7(10)11;/h2-5H2,1H3,(H,8,9)(H,10,11);/q;+1/p-1. The van der Waals surface area contributed by atoms with Gasteiger partial charge in [0.05, 0.1) is 6.61 Å². The molecular weight excluding hydrogens is 185 g/mol. The minimum Gasteiger partial charge on any atom is -0.550 e. The van der Waals surface area contributed by atoms with Gasteiger partial charge in [-0.2, -0.15) is 0 Å². The fourth-order valence-corrected chi connectivity index (χ4v) is 0.596. The van der Waals surface area contributed by atoms with Crippen LogP contribution in [0.25, 0.3) is 0 Å². The molecule has 0 unspecified atom stereocenters. The number of carbonyl (C=O) groups excluding carboxylic acids is 2. The number of amides is 1. The van der Waals surface area contributed by atoms with Gasteiger partial charge in [0, 0.05) is 26.0 Å². The Bertz CT molecular complexity index is 163. The second-order valence-corrected chi connectivity index (χ2v) is 2.21. The number of ether oxygens (including phenoxy) is 1. The summed E-state index contributed by atoms with van der Waals surface area (Å²) in [4.78, 5) is 20.7. The van der Waals surface area contributed by atoms with Gasteiger partial charge in [0.2, 0.25) is 5.91 Å². The Morgan fingerprint density at radius 2 is 2.00 bits per heavy atom. The predicted octanol–water partition coefficient (Wildman–Crippen LogP) is -4.72. The number of hydrogen-bond donors (Lipinski definition) is 1. The van der Waals surface area contributed by atoms with Crippen molar-refractivity contribution in [2.45, 2.75) is 12.8 Å². The summed E-state index contributed by atoms with van der Waals surface area (Å²) in [6.07, 6.45) is -0.273. The summed E-state index contributed by atoms with van der Waals surface area (Å²) in [5.41, 5.74) is 0. The summed E-state index contributed by atoms with van der Waals surface area (Å²) in [7, 11) is 1.52. The van der Waals surface area contributed by atoms with Gasteiger partial charge < -0.3 is 20.0 Å². The van der Waals surface area contributed by atoms with E-state index in [1.54, 1.807) is 0 Å². The molecule has 0 rings (SSSR count). The average Bonchev–Trinajstić information content (AvgIpc) is 2.01. The van der Waals surface area contributed by atoms with Gasteiger partial charge in [-0.05, 0) is 6.42 Å². The van der Waals surface area contributed by atoms with E-state index in [1.165, 1.54) is 7.11 Å². The van der Waals surface area contributed by atoms with Crippen LogP contribution in [-0.2, 0) is 14.3 Å². The third-order valence-corrected chi connectivity index (χ3v) is 1.18. The topological polar surface area (TPSA) is 78.5 Å². The van der Waals surface area contributed by atoms with E-state index in [2.05, 4.69) is 10.1 Å². The normalized spacial score (nSPS) is 8.69. The van der Waals surface area contributed by atoms with Gasteiger partial charge in [-0.1, -0.05) is 0 Å². The molecule has 0 atom stereocenters. The average molecular weight is 197 g/mol. The van der Waals surface area contributed by atoms with Gasteiger partial charge in [-0.3, -0.25) is 4.79 Å². The van der Waals surface area contributed by atoms with Gasteiger partial charge in [-0.15, -0.1) is 0 Å². The van der Waals surface area contributed by atoms with Gasteiger partial charge in [0.25, 0.3) is 0 Å². The number of rotatable bonds is 6. The van der Waals surface area contributed by atoms with Crippen molar-refractivity contribution in [2.75, 3.05) is 20.3 Å². The van der Waals surface area contributed by atoms with E-state index in [0.717, 1.165) is 0 Å². The Balaban J connectivity index is 0. The van der Waals surface area contributed by atoms with Crippen molar-refractivity contribution < 1.29 is 49.0 Å². The largest absolute Gasteiger partial charge is 1.00 e. The zero-order valence-electron chi connectivity index (χ0n) is 7.96. The van der Waals surface area contributed by atoms with Crippen LogP contribution in [0, 0.1) is 0 Å². The number of hydrogen-bond acceptors (Lipinski definition) is 4. The van der Waals surface area contributed by atoms with E-state index in [-0.39, 0.29) is 48.3 Å². The third-order valence-electron chi connectivity index (χ3n) is 1.18. The van der Waals surface area contributed by atoms with Gasteiger partial charge in [0.1, 0.15) is 0 Å². The van der Waals surface area contributed by atoms with Crippen LogP contribution in [-0.4, -0.2) is 32.1 Å². The molecule has 5 nitrogen and oxygen atoms in total. The molecule has 1 amide bonds. The van der Waals surface area contributed by atoms with Gasteiger partial charge in [-0.25, -0.2) is 0 Å². The Morgan fingerprint density at radius 1 is 1.38 bits per heavy atom. The molecule has 0 aliphatic rings. The number of carbonyl (C=O) groups is 2. The van der Waals surface area contributed by atoms with Crippen LogP contribution in [0.15, 0.2) is 0 Å². The predicted molar refractivity (Wildman–Crippen MR) is 39.1 cm³/mol. The first kappa shape index (κ1) is 15.4. The molecule has 0 aromatic rings. The second-order valence-electron chi connectivity index (χ2n) is 2.21. The molecule has 0 bridgehead atoms. The van der Waals surface area contributed by atoms with E-state index in [1.807, 2.05) is 0 Å². The second kappa shape index (κ2) is 9.98. The van der Waals surface area contributed by atoms with Crippen LogP contribution in [0.5, 0.6) is 0 Å². The first-order chi connectivity index (χ1) is 5.66. The minimum absolute atomic E-state index is 0. The SMILES string of the molecule is COCCNC(=O)CCC(=O)[O-].[Na+]. The van der Waals surface area contributed by atoms with Crippen molar-refractivity contribution in [3.8, 4) is 0 Å². The summed E-state index contributed by atoms with van der Waals surface area (Å²) in [6.45, 7) is 0.833. The summed E-state index contributed by atoms with van der Waals surface area (Å²) >= 11 is 0. The summed E-state index contributed by atoms with van der Waals surface area (Å²) < 4.78 is 4.67. The van der Waals surface area contributed by atoms with E-state index < -0.39 is 5.97 Å². The molecule has 70 valence electrons. The van der Waals surface area contributed by atoms with Crippen molar-refractivity contribution in [3.63, 3.8) is 0 Å². The van der Waals surface area contributed by atoms with Crippen LogP contribution < -0.4 is 40.0 Å². The van der Waals surface area contributed by atoms with Gasteiger partial charge in [0.15, 0.2) is 0 Å². The molecule has 0 saturated heterocycles. The number of carboxylic acids is 1. The van der Waals surface area contributed by atoms with Crippen molar-refractivity contribution in [3.05, 3.63) is 0 Å². The molecule has 0 aromatic carbocycles. The van der Waals surface area contributed by atoms with Crippen LogP contribution in [0.3, 0.4) is 0 Å². The molecule has 0 aliphatic carbocycles. The number of aliphatic carboxylic acids is 1. The van der Waals surface area contributed by atoms with Crippen LogP contribution in [0.4, 0.5) is 0 Å². The molecule has 0 saturated carbocycles. The fourth-order valence-electron chi connectivity index (χ4n) is 0.596. The molecule has 1 N–H and O–H groups in total. The first-order valence-corrected chi connectivity index (χ1v) is 3.62. The Morgan fingerprint density at radius 3 is 2.46 bits per heavy atom. The molecular formula is C7H12NNaO4. The fraction of sp³-hybridized carbons (Fsp3) is 0.714. The van der Waals surface area contributed by atoms with E-state index >= 15 is 0 Å². The van der Waals surface area contributed by atoms with E-state index in [9.17, 15) is 14.7 Å². The monoisotopic (exact) mass is 197 g/mol. The third kappa shape index (κ3) is 11.9. The number of carboxylic acid groups (broad SMARTS) is 1. The van der Waals surface area contributed by atoms with Crippen molar-refractivity contribution in [1.82, 2.24) is 5.32 Å². The summed E-state index contributed by atoms with van der Waals surface area (Å²) in [6, 6.07) is 0. The molecule has 0 aromatic heterocycles. The van der Waals surface area contributed by atoms with Crippen LogP contribution in [0.2, 0.25) is 0 Å². The number of nitrogens with one attached hydrogen (secondary N) is 1. The van der Waals surface area contributed by atoms with Gasteiger partial charge >= 0.3 is 29.6 Å². The smallest absolute Gasteiger partial charge is 0.550 e. The maximum absolute atomic E-state index is 10.8. The molecule has 0 spiro atoms. The summed E-state index contributed by atoms with van der Waals surface area (Å²) in [5, 5.41) is 12.4. The summed E-state index contributed by atoms with van der Waals surface area (Å²) in [5.74, 6) is -1.51. The maximum atomic E-state index is 10.8. The molecule has 0 heterocycles. The zero-order valence-corrected chi connectivity index (χ0v) is 9.96. The molecule has 0 aliphatic heterocycles. The van der Waals surface area contributed by atoms with Crippen LogP contribution >= 0.6 is 0 Å². The first-order valence-electron chi connectivity index (χ1n) is 3.62. The van der Waals surface area contributed by atoms with E-state index in [0.29, 0.717) is 13.2 Å². The molecule has 0 radical (unpaired) electrons. The Hall–Kier alpha value is -0.100. The minimum atomic E-state index is -1.21. The van der Waals surface area contributed by atoms with Crippen molar-refractivity contribution >= 4 is 11.9 Å². The number of methoxy groups -OCH3 is 1. The van der Waals surface area contributed by atoms with Crippen molar-refractivity contribution in [2.24, 2.45) is 0 Å².